The highest BCUT2D eigenvalue weighted by atomic mass is 16.6. The van der Waals surface area contributed by atoms with Gasteiger partial charge in [0.05, 0.1) is 7.98 Å². The van der Waals surface area contributed by atoms with E-state index in [4.69, 9.17) is 16.0 Å². The number of hydrogen-bond donors (Lipinski definition) is 3. The second kappa shape index (κ2) is 5.02. The smallest absolute Gasteiger partial charge is 0.330 e. The van der Waals surface area contributed by atoms with Crippen LogP contribution in [-0.4, -0.2) is 51.8 Å². The molecule has 3 N–H and O–H groups in total. The summed E-state index contributed by atoms with van der Waals surface area (Å²) >= 11 is 0. The van der Waals surface area contributed by atoms with Gasteiger partial charge in [0.2, 0.25) is 0 Å². The summed E-state index contributed by atoms with van der Waals surface area (Å²) in [6, 6.07) is 1.10. The lowest BCUT2D eigenvalue weighted by Gasteiger charge is -2.19. The third-order valence-electron chi connectivity index (χ3n) is 2.73. The van der Waals surface area contributed by atoms with Gasteiger partial charge in [-0.1, -0.05) is 0 Å². The second-order valence-corrected chi connectivity index (χ2v) is 3.80. The standard InChI is InChI=1S/C10H14N2O6/c1-17-8-7(15)5(4-13)18-9(8)12-3-2-6(14)11-10(12)16/h2-3,5,7-9,13,15H,4H2,1H3,(H,11,14,16)/t5-,7-,8-,9-/m1/s1/i7D. The lowest BCUT2D eigenvalue weighted by Crippen LogP contribution is -2.38. The SMILES string of the molecule is [2H][C@@]1(O)[C@@H](CO)O[C@@H](n2ccc(=O)[nH]c2=O)[C@@H]1OC. The predicted octanol–water partition coefficient (Wildman–Crippen LogP) is -2.20. The Morgan fingerprint density at radius 3 is 2.94 bits per heavy atom. The molecule has 0 spiro atoms. The Balaban J connectivity index is 2.45. The number of aliphatic hydroxyl groups is 2. The Bertz CT molecular complexity index is 568. The van der Waals surface area contributed by atoms with Crippen molar-refractivity contribution in [3.05, 3.63) is 33.1 Å². The predicted molar refractivity (Wildman–Crippen MR) is 59.1 cm³/mol. The molecule has 0 aromatic carbocycles. The number of ether oxygens (including phenoxy) is 2. The molecule has 8 nitrogen and oxygen atoms in total. The maximum Gasteiger partial charge on any atom is 0.330 e. The van der Waals surface area contributed by atoms with Crippen LogP contribution in [0.3, 0.4) is 0 Å². The van der Waals surface area contributed by atoms with Gasteiger partial charge in [0.15, 0.2) is 6.23 Å². The molecule has 1 aliphatic rings. The Kier molecular flexibility index (Phi) is 3.24. The molecule has 1 aliphatic heterocycles. The third-order valence-corrected chi connectivity index (χ3v) is 2.73. The molecule has 1 aromatic rings. The summed E-state index contributed by atoms with van der Waals surface area (Å²) in [5.74, 6) is 0. The third kappa shape index (κ3) is 2.10. The molecule has 100 valence electrons. The lowest BCUT2D eigenvalue weighted by molar-refractivity contribution is -0.0625. The fourth-order valence-electron chi connectivity index (χ4n) is 1.85. The first kappa shape index (κ1) is 11.6. The summed E-state index contributed by atoms with van der Waals surface area (Å²) in [6.45, 7) is -0.603. The van der Waals surface area contributed by atoms with Crippen LogP contribution in [0, 0.1) is 0 Å². The molecule has 1 aromatic heterocycles. The highest BCUT2D eigenvalue weighted by molar-refractivity contribution is 4.93. The Morgan fingerprint density at radius 1 is 1.67 bits per heavy atom. The number of nitrogens with zero attached hydrogens (tertiary/aromatic N) is 1. The number of aromatic nitrogens is 2. The quantitative estimate of drug-likeness (QED) is 0.568. The Morgan fingerprint density at radius 2 is 2.39 bits per heavy atom. The van der Waals surface area contributed by atoms with Crippen LogP contribution in [0.5, 0.6) is 0 Å². The fraction of sp³-hybridized carbons (Fsp3) is 0.600. The molecule has 4 atom stereocenters. The van der Waals surface area contributed by atoms with Crippen molar-refractivity contribution >= 4 is 0 Å². The molecule has 18 heavy (non-hydrogen) atoms. The van der Waals surface area contributed by atoms with Crippen molar-refractivity contribution in [2.24, 2.45) is 0 Å². The minimum absolute atomic E-state index is 0.576. The van der Waals surface area contributed by atoms with E-state index in [2.05, 4.69) is 0 Å². The molecule has 1 fully saturated rings. The zero-order chi connectivity index (χ0) is 14.2. The number of nitrogens with one attached hydrogen (secondary N) is 1. The van der Waals surface area contributed by atoms with Gasteiger partial charge in [0, 0.05) is 19.4 Å². The number of hydrogen-bond acceptors (Lipinski definition) is 6. The monoisotopic (exact) mass is 259 g/mol. The number of H-pyrrole nitrogens is 1. The first-order valence-corrected chi connectivity index (χ1v) is 5.24. The van der Waals surface area contributed by atoms with Gasteiger partial charge in [-0.05, 0) is 0 Å². The first-order valence-electron chi connectivity index (χ1n) is 5.74. The topological polar surface area (TPSA) is 114 Å². The molecular formula is C10H14N2O6. The van der Waals surface area contributed by atoms with E-state index < -0.39 is 42.4 Å². The molecule has 2 rings (SSSR count). The van der Waals surface area contributed by atoms with Crippen LogP contribution >= 0.6 is 0 Å². The zero-order valence-corrected chi connectivity index (χ0v) is 9.57. The minimum Gasteiger partial charge on any atom is -0.394 e. The van der Waals surface area contributed by atoms with Crippen molar-refractivity contribution < 1.29 is 21.1 Å². The van der Waals surface area contributed by atoms with Crippen molar-refractivity contribution in [3.8, 4) is 0 Å². The molecule has 0 unspecified atom stereocenters. The van der Waals surface area contributed by atoms with Gasteiger partial charge in [0.25, 0.3) is 5.56 Å². The average molecular weight is 259 g/mol. The molecule has 2 heterocycles. The Labute approximate surface area is 103 Å². The van der Waals surface area contributed by atoms with Gasteiger partial charge in [-0.15, -0.1) is 0 Å². The van der Waals surface area contributed by atoms with Gasteiger partial charge in [-0.2, -0.15) is 0 Å². The van der Waals surface area contributed by atoms with Crippen molar-refractivity contribution in [3.63, 3.8) is 0 Å². The number of rotatable bonds is 3. The van der Waals surface area contributed by atoms with Crippen LogP contribution < -0.4 is 11.2 Å². The van der Waals surface area contributed by atoms with Crippen LogP contribution in [0.15, 0.2) is 21.9 Å². The van der Waals surface area contributed by atoms with Crippen LogP contribution in [-0.2, 0) is 9.47 Å². The summed E-state index contributed by atoms with van der Waals surface area (Å²) in [5.41, 5.74) is -1.33. The Hall–Kier alpha value is -1.48. The van der Waals surface area contributed by atoms with E-state index in [0.717, 1.165) is 10.6 Å². The molecule has 8 heteroatoms. The van der Waals surface area contributed by atoms with E-state index >= 15 is 0 Å². The largest absolute Gasteiger partial charge is 0.394 e. The minimum atomic E-state index is -2.20. The van der Waals surface area contributed by atoms with E-state index in [0.29, 0.717) is 0 Å². The van der Waals surface area contributed by atoms with E-state index in [1.165, 1.54) is 13.3 Å². The molecule has 0 amide bonds. The molecular weight excluding hydrogens is 244 g/mol. The number of aliphatic hydroxyl groups excluding tert-OH is 1. The highest BCUT2D eigenvalue weighted by Gasteiger charge is 2.45. The van der Waals surface area contributed by atoms with Crippen molar-refractivity contribution in [2.75, 3.05) is 13.7 Å². The second-order valence-electron chi connectivity index (χ2n) is 3.80. The van der Waals surface area contributed by atoms with Gasteiger partial charge in [-0.3, -0.25) is 14.3 Å². The molecule has 1 saturated heterocycles. The molecule has 0 aliphatic carbocycles. The van der Waals surface area contributed by atoms with Crippen LogP contribution in [0.2, 0.25) is 0 Å². The van der Waals surface area contributed by atoms with Gasteiger partial charge in [0.1, 0.15) is 18.3 Å². The van der Waals surface area contributed by atoms with E-state index in [9.17, 15) is 14.7 Å². The maximum absolute atomic E-state index is 11.7. The highest BCUT2D eigenvalue weighted by Crippen LogP contribution is 2.29. The van der Waals surface area contributed by atoms with E-state index in [1.807, 2.05) is 4.98 Å². The van der Waals surface area contributed by atoms with Crippen LogP contribution in [0.1, 0.15) is 7.60 Å². The van der Waals surface area contributed by atoms with Gasteiger partial charge < -0.3 is 19.7 Å². The average Bonchev–Trinajstić information content (AvgIpc) is 2.59. The van der Waals surface area contributed by atoms with Crippen molar-refractivity contribution in [2.45, 2.75) is 24.5 Å². The molecule has 0 bridgehead atoms. The number of aromatic amines is 1. The summed E-state index contributed by atoms with van der Waals surface area (Å²) in [6.07, 6.45) is -4.55. The fourth-order valence-corrected chi connectivity index (χ4v) is 1.85. The van der Waals surface area contributed by atoms with Gasteiger partial charge >= 0.3 is 5.69 Å². The van der Waals surface area contributed by atoms with E-state index in [1.54, 1.807) is 0 Å². The van der Waals surface area contributed by atoms with Gasteiger partial charge in [-0.25, -0.2) is 4.79 Å². The van der Waals surface area contributed by atoms with Crippen molar-refractivity contribution in [1.29, 1.82) is 0 Å². The molecule has 0 saturated carbocycles. The number of methoxy groups -OCH3 is 1. The summed E-state index contributed by atoms with van der Waals surface area (Å²) in [7, 11) is 1.25. The normalized spacial score (nSPS) is 36.6. The van der Waals surface area contributed by atoms with Crippen LogP contribution in [0.4, 0.5) is 0 Å². The summed E-state index contributed by atoms with van der Waals surface area (Å²) in [5, 5.41) is 19.0. The first-order chi connectivity index (χ1) is 8.91. The van der Waals surface area contributed by atoms with E-state index in [-0.39, 0.29) is 0 Å². The lowest BCUT2D eigenvalue weighted by atomic mass is 10.1. The zero-order valence-electron chi connectivity index (χ0n) is 10.6. The van der Waals surface area contributed by atoms with Crippen LogP contribution in [0.25, 0.3) is 0 Å². The summed E-state index contributed by atoms with van der Waals surface area (Å²) in [4.78, 5) is 24.7. The molecule has 0 radical (unpaired) electrons. The maximum atomic E-state index is 11.7. The summed E-state index contributed by atoms with van der Waals surface area (Å²) < 4.78 is 19.0. The van der Waals surface area contributed by atoms with Crippen molar-refractivity contribution in [1.82, 2.24) is 9.55 Å².